The monoisotopic (exact) mass is 276 g/mol. The van der Waals surface area contributed by atoms with Crippen molar-refractivity contribution in [3.63, 3.8) is 0 Å². The molecule has 4 nitrogen and oxygen atoms in total. The van der Waals surface area contributed by atoms with Crippen molar-refractivity contribution in [1.82, 2.24) is 5.32 Å². The van der Waals surface area contributed by atoms with Crippen LogP contribution in [-0.2, 0) is 11.2 Å². The summed E-state index contributed by atoms with van der Waals surface area (Å²) >= 11 is 0. The van der Waals surface area contributed by atoms with E-state index in [0.717, 1.165) is 18.6 Å². The summed E-state index contributed by atoms with van der Waals surface area (Å²) in [5, 5.41) is 2.88. The van der Waals surface area contributed by atoms with Crippen LogP contribution < -0.4 is 15.8 Å². The van der Waals surface area contributed by atoms with E-state index in [1.807, 2.05) is 18.2 Å². The van der Waals surface area contributed by atoms with E-state index in [9.17, 15) is 4.79 Å². The van der Waals surface area contributed by atoms with Crippen molar-refractivity contribution in [3.8, 4) is 5.75 Å². The molecule has 20 heavy (non-hydrogen) atoms. The van der Waals surface area contributed by atoms with Gasteiger partial charge in [-0.3, -0.25) is 4.79 Å². The van der Waals surface area contributed by atoms with E-state index in [1.54, 1.807) is 6.92 Å². The number of ether oxygens (including phenoxy) is 1. The van der Waals surface area contributed by atoms with E-state index < -0.39 is 6.10 Å². The molecule has 4 heteroatoms. The van der Waals surface area contributed by atoms with Gasteiger partial charge in [-0.25, -0.2) is 0 Å². The molecule has 2 rings (SSSR count). The molecule has 0 saturated carbocycles. The summed E-state index contributed by atoms with van der Waals surface area (Å²) in [6.07, 6.45) is 1.49. The Kier molecular flexibility index (Phi) is 4.65. The number of benzene rings is 1. The fourth-order valence-electron chi connectivity index (χ4n) is 2.41. The fraction of sp³-hybridized carbons (Fsp3) is 0.562. The Morgan fingerprint density at radius 2 is 2.20 bits per heavy atom. The lowest BCUT2D eigenvalue weighted by atomic mass is 10.1. The predicted molar refractivity (Wildman–Crippen MR) is 79.6 cm³/mol. The maximum atomic E-state index is 11.9. The topological polar surface area (TPSA) is 64.3 Å². The van der Waals surface area contributed by atoms with Gasteiger partial charge in [0, 0.05) is 12.6 Å². The Labute approximate surface area is 120 Å². The molecule has 1 aliphatic rings. The van der Waals surface area contributed by atoms with E-state index in [2.05, 4.69) is 19.2 Å². The highest BCUT2D eigenvalue weighted by Crippen LogP contribution is 2.32. The molecule has 0 heterocycles. The molecule has 2 atom stereocenters. The van der Waals surface area contributed by atoms with Gasteiger partial charge in [0.1, 0.15) is 5.75 Å². The first-order valence-electron chi connectivity index (χ1n) is 7.30. The van der Waals surface area contributed by atoms with Gasteiger partial charge in [0.05, 0.1) is 0 Å². The van der Waals surface area contributed by atoms with Gasteiger partial charge in [-0.2, -0.15) is 0 Å². The van der Waals surface area contributed by atoms with Crippen LogP contribution in [0.1, 0.15) is 44.4 Å². The summed E-state index contributed by atoms with van der Waals surface area (Å²) in [6.45, 7) is 6.57. The van der Waals surface area contributed by atoms with Crippen molar-refractivity contribution in [3.05, 3.63) is 29.3 Å². The van der Waals surface area contributed by atoms with Crippen LogP contribution in [0.3, 0.4) is 0 Å². The zero-order chi connectivity index (χ0) is 14.7. The van der Waals surface area contributed by atoms with Gasteiger partial charge >= 0.3 is 0 Å². The quantitative estimate of drug-likeness (QED) is 0.866. The number of carbonyl (C=O) groups excluding carboxylic acids is 1. The van der Waals surface area contributed by atoms with Gasteiger partial charge in [-0.15, -0.1) is 0 Å². The summed E-state index contributed by atoms with van der Waals surface area (Å²) in [4.78, 5) is 11.9. The lowest BCUT2D eigenvalue weighted by molar-refractivity contribution is -0.127. The first-order valence-corrected chi connectivity index (χ1v) is 7.30. The van der Waals surface area contributed by atoms with Crippen LogP contribution in [0.25, 0.3) is 0 Å². The second-order valence-corrected chi connectivity index (χ2v) is 5.90. The number of nitrogens with two attached hydrogens (primary N) is 1. The summed E-state index contributed by atoms with van der Waals surface area (Å²) in [5.41, 5.74) is 8.45. The molecule has 0 radical (unpaired) electrons. The second-order valence-electron chi connectivity index (χ2n) is 5.90. The summed E-state index contributed by atoms with van der Waals surface area (Å²) in [6, 6.07) is 6.07. The smallest absolute Gasteiger partial charge is 0.260 e. The molecule has 0 saturated heterocycles. The predicted octanol–water partition coefficient (Wildman–Crippen LogP) is 2.17. The molecule has 110 valence electrons. The minimum Gasteiger partial charge on any atom is -0.481 e. The number of nitrogens with one attached hydrogen (secondary N) is 1. The lowest BCUT2D eigenvalue weighted by Gasteiger charge is -2.16. The average Bonchev–Trinajstić information content (AvgIpc) is 2.77. The molecule has 3 N–H and O–H groups in total. The molecule has 0 spiro atoms. The molecular formula is C16H24N2O2. The molecule has 1 unspecified atom stereocenters. The summed E-state index contributed by atoms with van der Waals surface area (Å²) in [5.74, 6) is 1.11. The van der Waals surface area contributed by atoms with Crippen LogP contribution in [0.2, 0.25) is 0 Å². The highest BCUT2D eigenvalue weighted by molar-refractivity contribution is 5.80. The van der Waals surface area contributed by atoms with Crippen LogP contribution in [0.5, 0.6) is 5.75 Å². The number of aryl methyl sites for hydroxylation is 1. The van der Waals surface area contributed by atoms with Gasteiger partial charge in [0.15, 0.2) is 6.10 Å². The number of fused-ring (bicyclic) bond motifs is 1. The molecule has 0 aromatic heterocycles. The number of rotatable bonds is 5. The van der Waals surface area contributed by atoms with Crippen LogP contribution in [0, 0.1) is 5.92 Å². The highest BCUT2D eigenvalue weighted by Gasteiger charge is 2.20. The minimum absolute atomic E-state index is 0.0732. The highest BCUT2D eigenvalue weighted by atomic mass is 16.5. The van der Waals surface area contributed by atoms with Crippen molar-refractivity contribution in [2.24, 2.45) is 11.7 Å². The normalized spacial score (nSPS) is 18.8. The zero-order valence-corrected chi connectivity index (χ0v) is 12.5. The first-order chi connectivity index (χ1) is 9.47. The van der Waals surface area contributed by atoms with Gasteiger partial charge < -0.3 is 15.8 Å². The van der Waals surface area contributed by atoms with E-state index in [0.29, 0.717) is 12.5 Å². The molecule has 1 aromatic carbocycles. The zero-order valence-electron chi connectivity index (χ0n) is 12.5. The van der Waals surface area contributed by atoms with Crippen molar-refractivity contribution in [2.75, 3.05) is 6.54 Å². The van der Waals surface area contributed by atoms with Crippen molar-refractivity contribution in [2.45, 2.75) is 45.8 Å². The summed E-state index contributed by atoms with van der Waals surface area (Å²) in [7, 11) is 0. The number of hydrogen-bond acceptors (Lipinski definition) is 3. The number of amides is 1. The Bertz CT molecular complexity index is 485. The second kappa shape index (κ2) is 6.27. The van der Waals surface area contributed by atoms with Gasteiger partial charge in [-0.1, -0.05) is 19.9 Å². The van der Waals surface area contributed by atoms with E-state index >= 15 is 0 Å². The largest absolute Gasteiger partial charge is 0.481 e. The third-order valence-electron chi connectivity index (χ3n) is 3.61. The van der Waals surface area contributed by atoms with Gasteiger partial charge in [0.25, 0.3) is 5.91 Å². The van der Waals surface area contributed by atoms with Gasteiger partial charge in [-0.05, 0) is 48.9 Å². The van der Waals surface area contributed by atoms with Crippen molar-refractivity contribution >= 4 is 5.91 Å². The van der Waals surface area contributed by atoms with E-state index in [1.165, 1.54) is 11.1 Å². The number of hydrogen-bond donors (Lipinski definition) is 2. The third kappa shape index (κ3) is 3.51. The molecule has 1 aliphatic carbocycles. The Morgan fingerprint density at radius 1 is 1.45 bits per heavy atom. The standard InChI is InChI=1S/C16H24N2O2/c1-10(2)9-18-16(19)11(3)20-13-5-6-14-12(8-13)4-7-15(14)17/h5-6,8,10-11,15H,4,7,9,17H2,1-3H3,(H,18,19)/t11?,15-/m0/s1. The van der Waals surface area contributed by atoms with Crippen molar-refractivity contribution in [1.29, 1.82) is 0 Å². The third-order valence-corrected chi connectivity index (χ3v) is 3.61. The van der Waals surface area contributed by atoms with Crippen LogP contribution >= 0.6 is 0 Å². The van der Waals surface area contributed by atoms with Crippen LogP contribution in [0.4, 0.5) is 0 Å². The molecule has 1 amide bonds. The Morgan fingerprint density at radius 3 is 2.90 bits per heavy atom. The SMILES string of the molecule is CC(C)CNC(=O)C(C)Oc1ccc2c(c1)CC[C@@H]2N. The molecule has 0 aliphatic heterocycles. The first kappa shape index (κ1) is 14.9. The lowest BCUT2D eigenvalue weighted by Crippen LogP contribution is -2.38. The fourth-order valence-corrected chi connectivity index (χ4v) is 2.41. The average molecular weight is 276 g/mol. The molecule has 0 bridgehead atoms. The van der Waals surface area contributed by atoms with Crippen molar-refractivity contribution < 1.29 is 9.53 Å². The minimum atomic E-state index is -0.484. The Balaban J connectivity index is 1.95. The maximum absolute atomic E-state index is 11.9. The van der Waals surface area contributed by atoms with Crippen LogP contribution in [0.15, 0.2) is 18.2 Å². The maximum Gasteiger partial charge on any atom is 0.260 e. The number of carbonyl (C=O) groups is 1. The van der Waals surface area contributed by atoms with Crippen LogP contribution in [-0.4, -0.2) is 18.6 Å². The molecule has 0 fully saturated rings. The summed E-state index contributed by atoms with van der Waals surface area (Å²) < 4.78 is 5.72. The van der Waals surface area contributed by atoms with E-state index in [4.69, 9.17) is 10.5 Å². The van der Waals surface area contributed by atoms with Gasteiger partial charge in [0.2, 0.25) is 0 Å². The molecular weight excluding hydrogens is 252 g/mol. The molecule has 1 aromatic rings. The van der Waals surface area contributed by atoms with E-state index in [-0.39, 0.29) is 11.9 Å². The Hall–Kier alpha value is -1.55.